The van der Waals surface area contributed by atoms with Crippen molar-refractivity contribution < 1.29 is 19.0 Å². The summed E-state index contributed by atoms with van der Waals surface area (Å²) in [7, 11) is 0. The van der Waals surface area contributed by atoms with Crippen LogP contribution in [0.5, 0.6) is 17.2 Å². The lowest BCUT2D eigenvalue weighted by Gasteiger charge is -2.09. The minimum Gasteiger partial charge on any atom is -0.451 e. The van der Waals surface area contributed by atoms with Crippen molar-refractivity contribution in [1.29, 1.82) is 0 Å². The van der Waals surface area contributed by atoms with Gasteiger partial charge in [0.2, 0.25) is 6.29 Å². The van der Waals surface area contributed by atoms with E-state index in [1.165, 1.54) is 57.8 Å². The lowest BCUT2D eigenvalue weighted by atomic mass is 10.1. The number of hydrogen-bond donors (Lipinski definition) is 0. The van der Waals surface area contributed by atoms with Gasteiger partial charge in [-0.05, 0) is 54.7 Å². The van der Waals surface area contributed by atoms with Gasteiger partial charge in [0.25, 0.3) is 0 Å². The molecular weight excluding hydrogens is 512 g/mol. The summed E-state index contributed by atoms with van der Waals surface area (Å²) in [6.45, 7) is 2.12. The Kier molecular flexibility index (Phi) is 10.6. The molecule has 1 saturated carbocycles. The Morgan fingerprint density at radius 3 is 2.12 bits per heavy atom. The average molecular weight is 557 g/mol. The lowest BCUT2D eigenvalue weighted by Crippen LogP contribution is -2.17. The third kappa shape index (κ3) is 9.04. The molecule has 1 aromatic heterocycles. The van der Waals surface area contributed by atoms with Crippen LogP contribution in [-0.2, 0) is 4.79 Å². The Labute approximate surface area is 244 Å². The third-order valence-electron chi connectivity index (χ3n) is 8.02. The van der Waals surface area contributed by atoms with E-state index in [9.17, 15) is 4.79 Å². The number of carbonyl (C=O) groups excluding carboxylic acids is 1. The average Bonchev–Trinajstić information content (AvgIpc) is 3.73. The number of nitrogens with zero attached hydrogens (tertiary/aromatic N) is 2. The van der Waals surface area contributed by atoms with E-state index < -0.39 is 0 Å². The monoisotopic (exact) mass is 556 g/mol. The van der Waals surface area contributed by atoms with Crippen molar-refractivity contribution in [2.75, 3.05) is 0 Å². The number of unbranched alkanes of at least 4 members (excludes halogenated alkanes) is 8. The van der Waals surface area contributed by atoms with Crippen LogP contribution in [0.4, 0.5) is 0 Å². The standard InChI is InChI=1S/C35H44N2O4/c1-2-3-9-13-33(38)39-30-20-17-27(18-21-30)29-24-36-35(37-25-29)28-19-22-31-32(23-28)41-34(40-31)14-11-8-6-4-5-7-10-12-26-15-16-26/h17-26,34H,2-16H2,1H3. The molecule has 0 spiro atoms. The second kappa shape index (κ2) is 15.0. The van der Waals surface area contributed by atoms with Gasteiger partial charge in [0.05, 0.1) is 0 Å². The third-order valence-corrected chi connectivity index (χ3v) is 8.02. The number of esters is 1. The molecule has 0 radical (unpaired) electrons. The number of ether oxygens (including phenoxy) is 3. The molecular formula is C35H44N2O4. The second-order valence-electron chi connectivity index (χ2n) is 11.6. The molecule has 218 valence electrons. The van der Waals surface area contributed by atoms with Crippen LogP contribution >= 0.6 is 0 Å². The van der Waals surface area contributed by atoms with Crippen LogP contribution in [0.2, 0.25) is 0 Å². The van der Waals surface area contributed by atoms with E-state index in [4.69, 9.17) is 14.2 Å². The first kappa shape index (κ1) is 29.1. The van der Waals surface area contributed by atoms with E-state index >= 15 is 0 Å². The van der Waals surface area contributed by atoms with Gasteiger partial charge in [-0.15, -0.1) is 0 Å². The highest BCUT2D eigenvalue weighted by Gasteiger charge is 2.24. The van der Waals surface area contributed by atoms with Crippen molar-refractivity contribution in [3.8, 4) is 39.8 Å². The number of rotatable bonds is 17. The molecule has 2 heterocycles. The summed E-state index contributed by atoms with van der Waals surface area (Å²) < 4.78 is 17.6. The van der Waals surface area contributed by atoms with E-state index in [2.05, 4.69) is 16.9 Å². The molecule has 6 heteroatoms. The molecule has 0 bridgehead atoms. The molecule has 0 amide bonds. The SMILES string of the molecule is CCCCCC(=O)Oc1ccc(-c2cnc(-c3ccc4c(c3)OC(CCCCCCCCCC3CC3)O4)nc2)cc1. The van der Waals surface area contributed by atoms with E-state index in [1.807, 2.05) is 54.9 Å². The van der Waals surface area contributed by atoms with Crippen molar-refractivity contribution in [2.24, 2.45) is 5.92 Å². The van der Waals surface area contributed by atoms with Crippen LogP contribution < -0.4 is 14.2 Å². The lowest BCUT2D eigenvalue weighted by molar-refractivity contribution is -0.134. The van der Waals surface area contributed by atoms with Gasteiger partial charge in [0.15, 0.2) is 17.3 Å². The summed E-state index contributed by atoms with van der Waals surface area (Å²) in [5.74, 6) is 3.63. The molecule has 5 rings (SSSR count). The molecule has 0 N–H and O–H groups in total. The largest absolute Gasteiger partial charge is 0.451 e. The van der Waals surface area contributed by atoms with Crippen LogP contribution in [0.25, 0.3) is 22.5 Å². The van der Waals surface area contributed by atoms with Crippen molar-refractivity contribution in [2.45, 2.75) is 110 Å². The van der Waals surface area contributed by atoms with Crippen LogP contribution in [-0.4, -0.2) is 22.2 Å². The molecule has 1 unspecified atom stereocenters. The normalized spacial score (nSPS) is 15.7. The van der Waals surface area contributed by atoms with E-state index in [-0.39, 0.29) is 12.3 Å². The van der Waals surface area contributed by atoms with Crippen molar-refractivity contribution >= 4 is 5.97 Å². The predicted molar refractivity (Wildman–Crippen MR) is 162 cm³/mol. The summed E-state index contributed by atoms with van der Waals surface area (Å²) >= 11 is 0. The number of carbonyl (C=O) groups is 1. The highest BCUT2D eigenvalue weighted by atomic mass is 16.7. The summed E-state index contributed by atoms with van der Waals surface area (Å²) in [6.07, 6.45) is 21.4. The summed E-state index contributed by atoms with van der Waals surface area (Å²) in [5.41, 5.74) is 2.75. The van der Waals surface area contributed by atoms with Crippen LogP contribution in [0.15, 0.2) is 54.9 Å². The Balaban J connectivity index is 1.04. The van der Waals surface area contributed by atoms with Crippen LogP contribution in [0.3, 0.4) is 0 Å². The second-order valence-corrected chi connectivity index (χ2v) is 11.6. The predicted octanol–water partition coefficient (Wildman–Crippen LogP) is 9.31. The van der Waals surface area contributed by atoms with Gasteiger partial charge in [0.1, 0.15) is 5.75 Å². The van der Waals surface area contributed by atoms with E-state index in [1.54, 1.807) is 0 Å². The van der Waals surface area contributed by atoms with Crippen LogP contribution in [0, 0.1) is 5.92 Å². The molecule has 1 fully saturated rings. The number of aromatic nitrogens is 2. The summed E-state index contributed by atoms with van der Waals surface area (Å²) in [6, 6.07) is 13.4. The fourth-order valence-corrected chi connectivity index (χ4v) is 5.34. The quantitative estimate of drug-likeness (QED) is 0.0937. The Bertz CT molecular complexity index is 1240. The summed E-state index contributed by atoms with van der Waals surface area (Å²) in [5, 5.41) is 0. The maximum Gasteiger partial charge on any atom is 0.311 e. The van der Waals surface area contributed by atoms with Gasteiger partial charge < -0.3 is 14.2 Å². The van der Waals surface area contributed by atoms with Gasteiger partial charge >= 0.3 is 5.97 Å². The molecule has 0 saturated heterocycles. The van der Waals surface area contributed by atoms with E-state index in [0.29, 0.717) is 18.0 Å². The summed E-state index contributed by atoms with van der Waals surface area (Å²) in [4.78, 5) is 21.2. The highest BCUT2D eigenvalue weighted by molar-refractivity contribution is 5.73. The molecule has 1 aliphatic heterocycles. The first-order valence-electron chi connectivity index (χ1n) is 15.8. The minimum atomic E-state index is -0.208. The molecule has 2 aromatic carbocycles. The smallest absolute Gasteiger partial charge is 0.311 e. The number of hydrogen-bond acceptors (Lipinski definition) is 6. The number of fused-ring (bicyclic) bond motifs is 1. The van der Waals surface area contributed by atoms with Gasteiger partial charge in [-0.2, -0.15) is 0 Å². The topological polar surface area (TPSA) is 70.5 Å². The molecule has 2 aliphatic rings. The Morgan fingerprint density at radius 1 is 0.756 bits per heavy atom. The zero-order valence-corrected chi connectivity index (χ0v) is 24.5. The molecule has 41 heavy (non-hydrogen) atoms. The molecule has 3 aromatic rings. The fraction of sp³-hybridized carbons (Fsp3) is 0.514. The highest BCUT2D eigenvalue weighted by Crippen LogP contribution is 2.39. The molecule has 1 atom stereocenters. The van der Waals surface area contributed by atoms with Crippen molar-refractivity contribution in [3.05, 3.63) is 54.9 Å². The zero-order valence-electron chi connectivity index (χ0n) is 24.5. The van der Waals surface area contributed by atoms with Crippen molar-refractivity contribution in [3.63, 3.8) is 0 Å². The maximum atomic E-state index is 12.0. The fourth-order valence-electron chi connectivity index (χ4n) is 5.34. The Morgan fingerprint density at radius 2 is 1.41 bits per heavy atom. The maximum absolute atomic E-state index is 12.0. The number of benzene rings is 2. The van der Waals surface area contributed by atoms with Gasteiger partial charge in [-0.25, -0.2) is 9.97 Å². The van der Waals surface area contributed by atoms with Crippen LogP contribution in [0.1, 0.15) is 103 Å². The zero-order chi connectivity index (χ0) is 28.3. The molecule has 6 nitrogen and oxygen atoms in total. The molecule has 1 aliphatic carbocycles. The Hall–Kier alpha value is -3.41. The van der Waals surface area contributed by atoms with E-state index in [0.717, 1.165) is 66.2 Å². The first-order valence-corrected chi connectivity index (χ1v) is 15.8. The first-order chi connectivity index (χ1) is 20.2. The van der Waals surface area contributed by atoms with Gasteiger partial charge in [0, 0.05) is 36.4 Å². The van der Waals surface area contributed by atoms with Crippen molar-refractivity contribution in [1.82, 2.24) is 9.97 Å². The minimum absolute atomic E-state index is 0.186. The van der Waals surface area contributed by atoms with Gasteiger partial charge in [-0.3, -0.25) is 4.79 Å². The van der Waals surface area contributed by atoms with Gasteiger partial charge in [-0.1, -0.05) is 89.7 Å².